The minimum Gasteiger partial charge on any atom is -0.153 e. The molecule has 0 radical (unpaired) electrons. The van der Waals surface area contributed by atoms with Crippen molar-refractivity contribution < 1.29 is 0 Å². The highest BCUT2D eigenvalue weighted by Crippen LogP contribution is 2.34. The van der Waals surface area contributed by atoms with Crippen molar-refractivity contribution in [3.05, 3.63) is 12.2 Å². The molecular formula is C12H22S. The monoisotopic (exact) mass is 198 g/mol. The molecule has 13 heavy (non-hydrogen) atoms. The zero-order valence-corrected chi connectivity index (χ0v) is 9.99. The van der Waals surface area contributed by atoms with Gasteiger partial charge in [-0.05, 0) is 32.1 Å². The van der Waals surface area contributed by atoms with Gasteiger partial charge in [-0.3, -0.25) is 0 Å². The zero-order valence-electron chi connectivity index (χ0n) is 9.18. The van der Waals surface area contributed by atoms with Gasteiger partial charge in [0.2, 0.25) is 0 Å². The van der Waals surface area contributed by atoms with E-state index in [2.05, 4.69) is 44.7 Å². The maximum atomic E-state index is 2.36. The Morgan fingerprint density at radius 3 is 2.46 bits per heavy atom. The van der Waals surface area contributed by atoms with E-state index in [0.717, 1.165) is 5.25 Å². The van der Waals surface area contributed by atoms with Crippen molar-refractivity contribution in [2.75, 3.05) is 0 Å². The second-order valence-corrected chi connectivity index (χ2v) is 6.96. The molecule has 1 aliphatic rings. The molecule has 0 spiro atoms. The summed E-state index contributed by atoms with van der Waals surface area (Å²) in [6.07, 6.45) is 11.4. The van der Waals surface area contributed by atoms with Crippen LogP contribution >= 0.6 is 11.8 Å². The van der Waals surface area contributed by atoms with Crippen LogP contribution in [-0.2, 0) is 0 Å². The van der Waals surface area contributed by atoms with Crippen LogP contribution < -0.4 is 0 Å². The lowest BCUT2D eigenvalue weighted by atomic mass is 10.1. The van der Waals surface area contributed by atoms with E-state index in [0.29, 0.717) is 4.75 Å². The van der Waals surface area contributed by atoms with Crippen molar-refractivity contribution in [2.45, 2.75) is 62.9 Å². The topological polar surface area (TPSA) is 0 Å². The van der Waals surface area contributed by atoms with Crippen molar-refractivity contribution in [2.24, 2.45) is 0 Å². The summed E-state index contributed by atoms with van der Waals surface area (Å²) in [7, 11) is 0. The summed E-state index contributed by atoms with van der Waals surface area (Å²) in [4.78, 5) is 0. The first kappa shape index (κ1) is 11.2. The molecular weight excluding hydrogens is 176 g/mol. The van der Waals surface area contributed by atoms with E-state index in [-0.39, 0.29) is 0 Å². The molecule has 0 heterocycles. The van der Waals surface area contributed by atoms with Crippen LogP contribution in [0.3, 0.4) is 0 Å². The molecule has 0 aromatic heterocycles. The van der Waals surface area contributed by atoms with Gasteiger partial charge in [0.1, 0.15) is 0 Å². The van der Waals surface area contributed by atoms with Crippen molar-refractivity contribution in [3.8, 4) is 0 Å². The molecule has 0 fully saturated rings. The summed E-state index contributed by atoms with van der Waals surface area (Å²) in [5, 5.41) is 0.893. The Morgan fingerprint density at radius 1 is 1.08 bits per heavy atom. The first-order chi connectivity index (χ1) is 6.08. The summed E-state index contributed by atoms with van der Waals surface area (Å²) in [5.41, 5.74) is 0. The molecule has 0 saturated carbocycles. The second-order valence-electron chi connectivity index (χ2n) is 4.83. The van der Waals surface area contributed by atoms with E-state index in [1.54, 1.807) is 0 Å². The van der Waals surface area contributed by atoms with E-state index >= 15 is 0 Å². The highest BCUT2D eigenvalue weighted by atomic mass is 32.2. The average molecular weight is 198 g/mol. The molecule has 0 aromatic carbocycles. The Balaban J connectivity index is 2.36. The summed E-state index contributed by atoms with van der Waals surface area (Å²) < 4.78 is 0.438. The third-order valence-corrected chi connectivity index (χ3v) is 3.75. The molecule has 1 rings (SSSR count). The zero-order chi connectivity index (χ0) is 9.73. The molecule has 1 heteroatoms. The fourth-order valence-corrected chi connectivity index (χ4v) is 3.28. The van der Waals surface area contributed by atoms with Crippen LogP contribution in [0.1, 0.15) is 52.9 Å². The number of allylic oxidation sites excluding steroid dienone is 2. The predicted octanol–water partition coefficient (Wildman–Crippen LogP) is 4.41. The number of rotatable bonds is 1. The minimum absolute atomic E-state index is 0.438. The van der Waals surface area contributed by atoms with E-state index < -0.39 is 0 Å². The molecule has 1 aliphatic carbocycles. The van der Waals surface area contributed by atoms with E-state index in [9.17, 15) is 0 Å². The molecule has 1 atom stereocenters. The summed E-state index contributed by atoms with van der Waals surface area (Å²) in [6.45, 7) is 6.98. The van der Waals surface area contributed by atoms with Gasteiger partial charge in [0.05, 0.1) is 0 Å². The van der Waals surface area contributed by atoms with Gasteiger partial charge in [-0.15, -0.1) is 0 Å². The fourth-order valence-electron chi connectivity index (χ4n) is 1.74. The molecule has 0 N–H and O–H groups in total. The standard InChI is InChI=1S/C12H22S/c1-12(2,3)13-11-9-7-5-4-6-8-10-11/h4-5,11H,6-10H2,1-3H3/b5-4+. The van der Waals surface area contributed by atoms with Crippen LogP contribution in [0.15, 0.2) is 12.2 Å². The van der Waals surface area contributed by atoms with Gasteiger partial charge in [0, 0.05) is 10.00 Å². The molecule has 0 aromatic rings. The first-order valence-electron chi connectivity index (χ1n) is 5.41. The van der Waals surface area contributed by atoms with E-state index in [4.69, 9.17) is 0 Å². The van der Waals surface area contributed by atoms with Gasteiger partial charge in [-0.1, -0.05) is 32.9 Å². The summed E-state index contributed by atoms with van der Waals surface area (Å²) in [5.74, 6) is 0. The third kappa shape index (κ3) is 5.41. The number of thioether (sulfide) groups is 1. The van der Waals surface area contributed by atoms with Gasteiger partial charge >= 0.3 is 0 Å². The maximum absolute atomic E-state index is 2.36. The van der Waals surface area contributed by atoms with Crippen LogP contribution in [-0.4, -0.2) is 10.00 Å². The summed E-state index contributed by atoms with van der Waals surface area (Å²) in [6, 6.07) is 0. The molecule has 0 saturated heterocycles. The lowest BCUT2D eigenvalue weighted by molar-refractivity contribution is 0.643. The van der Waals surface area contributed by atoms with E-state index in [1.165, 1.54) is 32.1 Å². The Bertz CT molecular complexity index is 164. The molecule has 0 nitrogen and oxygen atoms in total. The Hall–Kier alpha value is 0.0900. The number of hydrogen-bond donors (Lipinski definition) is 0. The summed E-state index contributed by atoms with van der Waals surface area (Å²) >= 11 is 2.17. The smallest absolute Gasteiger partial charge is 0.00778 e. The Kier molecular flexibility index (Phi) is 4.37. The normalized spacial score (nSPS) is 27.8. The Morgan fingerprint density at radius 2 is 1.77 bits per heavy atom. The van der Waals surface area contributed by atoms with Crippen LogP contribution in [0.2, 0.25) is 0 Å². The van der Waals surface area contributed by atoms with Gasteiger partial charge in [0.25, 0.3) is 0 Å². The fraction of sp³-hybridized carbons (Fsp3) is 0.833. The molecule has 1 unspecified atom stereocenters. The second kappa shape index (κ2) is 5.09. The molecule has 76 valence electrons. The maximum Gasteiger partial charge on any atom is 0.00778 e. The molecule has 0 amide bonds. The minimum atomic E-state index is 0.438. The largest absolute Gasteiger partial charge is 0.153 e. The van der Waals surface area contributed by atoms with Crippen molar-refractivity contribution in [3.63, 3.8) is 0 Å². The average Bonchev–Trinajstić information content (AvgIpc) is 1.92. The van der Waals surface area contributed by atoms with Gasteiger partial charge in [-0.25, -0.2) is 0 Å². The number of hydrogen-bond acceptors (Lipinski definition) is 1. The van der Waals surface area contributed by atoms with Crippen LogP contribution in [0.5, 0.6) is 0 Å². The highest BCUT2D eigenvalue weighted by molar-refractivity contribution is 8.01. The van der Waals surface area contributed by atoms with Crippen molar-refractivity contribution in [1.82, 2.24) is 0 Å². The van der Waals surface area contributed by atoms with Gasteiger partial charge < -0.3 is 0 Å². The van der Waals surface area contributed by atoms with Crippen molar-refractivity contribution in [1.29, 1.82) is 0 Å². The third-order valence-electron chi connectivity index (χ3n) is 2.24. The van der Waals surface area contributed by atoms with E-state index in [1.807, 2.05) is 0 Å². The van der Waals surface area contributed by atoms with Crippen LogP contribution in [0, 0.1) is 0 Å². The predicted molar refractivity (Wildman–Crippen MR) is 63.4 cm³/mol. The first-order valence-corrected chi connectivity index (χ1v) is 6.29. The van der Waals surface area contributed by atoms with Gasteiger partial charge in [-0.2, -0.15) is 11.8 Å². The lowest BCUT2D eigenvalue weighted by Crippen LogP contribution is -2.16. The SMILES string of the molecule is CC(C)(C)SC1CC/C=C/CCC1. The lowest BCUT2D eigenvalue weighted by Gasteiger charge is -2.26. The highest BCUT2D eigenvalue weighted by Gasteiger charge is 2.18. The van der Waals surface area contributed by atoms with Crippen LogP contribution in [0.4, 0.5) is 0 Å². The van der Waals surface area contributed by atoms with Crippen LogP contribution in [0.25, 0.3) is 0 Å². The van der Waals surface area contributed by atoms with Gasteiger partial charge in [0.15, 0.2) is 0 Å². The molecule has 0 aliphatic heterocycles. The Labute approximate surface area is 87.2 Å². The quantitative estimate of drug-likeness (QED) is 0.562. The van der Waals surface area contributed by atoms with Crippen molar-refractivity contribution >= 4 is 11.8 Å². The molecule has 0 bridgehead atoms.